The summed E-state index contributed by atoms with van der Waals surface area (Å²) in [5, 5.41) is 0.504. The molecule has 6 rings (SSSR count). The number of sulfonamides is 1. The molecule has 2 heterocycles. The zero-order chi connectivity index (χ0) is 27.5. The van der Waals surface area contributed by atoms with Gasteiger partial charge in [-0.1, -0.05) is 84.4 Å². The molecule has 0 amide bonds. The second-order valence-corrected chi connectivity index (χ2v) is 12.9. The summed E-state index contributed by atoms with van der Waals surface area (Å²) in [7, 11) is -3.66. The lowest BCUT2D eigenvalue weighted by molar-refractivity contribution is -0.00355. The van der Waals surface area contributed by atoms with Crippen molar-refractivity contribution in [3.63, 3.8) is 0 Å². The van der Waals surface area contributed by atoms with Crippen molar-refractivity contribution in [2.75, 3.05) is 24.4 Å². The molecule has 0 aromatic heterocycles. The first-order valence-electron chi connectivity index (χ1n) is 13.9. The first kappa shape index (κ1) is 27.0. The van der Waals surface area contributed by atoms with Gasteiger partial charge >= 0.3 is 0 Å². The Balaban J connectivity index is 1.10. The smallest absolute Gasteiger partial charge is 0.261 e. The minimum atomic E-state index is -3.66. The third kappa shape index (κ3) is 5.96. The van der Waals surface area contributed by atoms with Crippen molar-refractivity contribution in [3.05, 3.63) is 131 Å². The lowest BCUT2D eigenvalue weighted by Gasteiger charge is -2.51. The predicted octanol–water partition coefficient (Wildman–Crippen LogP) is 6.62. The minimum absolute atomic E-state index is 0.191. The normalized spacial score (nSPS) is 21.3. The van der Waals surface area contributed by atoms with Gasteiger partial charge in [0, 0.05) is 54.9 Å². The van der Waals surface area contributed by atoms with Gasteiger partial charge in [-0.15, -0.1) is 0 Å². The molecule has 7 heteroatoms. The van der Waals surface area contributed by atoms with Crippen LogP contribution in [0.25, 0.3) is 0 Å². The predicted molar refractivity (Wildman–Crippen MR) is 162 cm³/mol. The second-order valence-electron chi connectivity index (χ2n) is 10.8. The van der Waals surface area contributed by atoms with Crippen LogP contribution in [0.5, 0.6) is 0 Å². The molecule has 2 saturated heterocycles. The van der Waals surface area contributed by atoms with Gasteiger partial charge in [-0.05, 0) is 65.9 Å². The highest BCUT2D eigenvalue weighted by molar-refractivity contribution is 7.92. The number of fused-ring (bicyclic) bond motifs is 2. The topological polar surface area (TPSA) is 52.7 Å². The Kier molecular flexibility index (Phi) is 7.94. The maximum absolute atomic E-state index is 12.7. The Hall–Kier alpha value is -3.16. The number of nitrogens with zero attached hydrogens (tertiary/aromatic N) is 2. The maximum Gasteiger partial charge on any atom is 0.261 e. The first-order chi connectivity index (χ1) is 19.5. The van der Waals surface area contributed by atoms with Gasteiger partial charge in [-0.25, -0.2) is 8.42 Å². The molecule has 1 unspecified atom stereocenters. The summed E-state index contributed by atoms with van der Waals surface area (Å²) in [6.45, 7) is 4.03. The van der Waals surface area contributed by atoms with Crippen molar-refractivity contribution in [2.45, 2.75) is 42.3 Å². The molecule has 0 spiro atoms. The molecule has 2 aliphatic heterocycles. The van der Waals surface area contributed by atoms with Crippen LogP contribution in [0.1, 0.15) is 35.4 Å². The zero-order valence-corrected chi connectivity index (χ0v) is 23.9. The summed E-state index contributed by atoms with van der Waals surface area (Å²) in [6.07, 6.45) is 2.34. The fraction of sp³-hybridized carbons (Fsp3) is 0.273. The van der Waals surface area contributed by atoms with E-state index in [1.165, 1.54) is 41.7 Å². The number of halogens is 1. The molecular weight excluding hydrogens is 538 g/mol. The van der Waals surface area contributed by atoms with E-state index >= 15 is 0 Å². The number of hydrogen-bond donors (Lipinski definition) is 1. The molecule has 0 aliphatic carbocycles. The zero-order valence-electron chi connectivity index (χ0n) is 22.4. The number of piperidine rings is 1. The average Bonchev–Trinajstić information content (AvgIpc) is 2.98. The van der Waals surface area contributed by atoms with E-state index in [4.69, 9.17) is 11.6 Å². The van der Waals surface area contributed by atoms with Crippen LogP contribution in [0.15, 0.2) is 114 Å². The number of anilines is 1. The van der Waals surface area contributed by atoms with E-state index in [0.29, 0.717) is 28.7 Å². The summed E-state index contributed by atoms with van der Waals surface area (Å²) < 4.78 is 28.1. The lowest BCUT2D eigenvalue weighted by Crippen LogP contribution is -2.60. The van der Waals surface area contributed by atoms with Gasteiger partial charge in [0.1, 0.15) is 0 Å². The second kappa shape index (κ2) is 11.8. The van der Waals surface area contributed by atoms with Crippen LogP contribution in [0.4, 0.5) is 5.69 Å². The van der Waals surface area contributed by atoms with E-state index in [1.54, 1.807) is 12.1 Å². The Bertz CT molecular complexity index is 1470. The number of nitrogens with one attached hydrogen (secondary N) is 1. The lowest BCUT2D eigenvalue weighted by atomic mass is 9.79. The molecular formula is C33H34ClN3O2S. The number of rotatable bonds is 8. The van der Waals surface area contributed by atoms with E-state index < -0.39 is 10.0 Å². The SMILES string of the molecule is O=S(=O)(Nc1ccc(CN2CCN3C[C@H]2CC[C@@H]3C(c2ccccc2)c2ccccc2)cc1)c1ccc(Cl)cc1. The molecule has 40 heavy (non-hydrogen) atoms. The molecule has 3 atom stereocenters. The van der Waals surface area contributed by atoms with E-state index in [2.05, 4.69) is 75.2 Å². The van der Waals surface area contributed by atoms with Crippen molar-refractivity contribution in [2.24, 2.45) is 0 Å². The van der Waals surface area contributed by atoms with Gasteiger partial charge < -0.3 is 0 Å². The van der Waals surface area contributed by atoms with Gasteiger partial charge in [0.2, 0.25) is 0 Å². The summed E-state index contributed by atoms with van der Waals surface area (Å²) in [5.74, 6) is 0.374. The van der Waals surface area contributed by atoms with Crippen molar-refractivity contribution < 1.29 is 8.42 Å². The Morgan fingerprint density at radius 1 is 0.775 bits per heavy atom. The quantitative estimate of drug-likeness (QED) is 0.258. The van der Waals surface area contributed by atoms with Crippen LogP contribution in [0.3, 0.4) is 0 Å². The van der Waals surface area contributed by atoms with Crippen LogP contribution < -0.4 is 4.72 Å². The fourth-order valence-corrected chi connectivity index (χ4v) is 7.51. The molecule has 1 N–H and O–H groups in total. The van der Waals surface area contributed by atoms with Crippen molar-refractivity contribution in [3.8, 4) is 0 Å². The summed E-state index contributed by atoms with van der Waals surface area (Å²) in [4.78, 5) is 5.50. The summed E-state index contributed by atoms with van der Waals surface area (Å²) in [6, 6.07) is 36.9. The van der Waals surface area contributed by atoms with Gasteiger partial charge in [-0.3, -0.25) is 14.5 Å². The van der Waals surface area contributed by atoms with E-state index in [-0.39, 0.29) is 4.90 Å². The largest absolute Gasteiger partial charge is 0.297 e. The molecule has 0 saturated carbocycles. The Morgan fingerprint density at radius 2 is 1.40 bits per heavy atom. The monoisotopic (exact) mass is 571 g/mol. The van der Waals surface area contributed by atoms with E-state index in [0.717, 1.165) is 26.2 Å². The van der Waals surface area contributed by atoms with E-state index in [9.17, 15) is 8.42 Å². The number of benzene rings is 4. The van der Waals surface area contributed by atoms with Crippen LogP contribution in [0, 0.1) is 0 Å². The van der Waals surface area contributed by atoms with E-state index in [1.807, 2.05) is 24.3 Å². The summed E-state index contributed by atoms with van der Waals surface area (Å²) in [5.41, 5.74) is 4.53. The molecule has 4 aromatic carbocycles. The highest BCUT2D eigenvalue weighted by Gasteiger charge is 2.39. The highest BCUT2D eigenvalue weighted by atomic mass is 35.5. The third-order valence-corrected chi connectivity index (χ3v) is 9.97. The Morgan fingerprint density at radius 3 is 2.02 bits per heavy atom. The van der Waals surface area contributed by atoms with Crippen LogP contribution in [-0.4, -0.2) is 49.9 Å². The molecule has 206 valence electrons. The van der Waals surface area contributed by atoms with Gasteiger partial charge in [-0.2, -0.15) is 0 Å². The molecule has 0 radical (unpaired) electrons. The van der Waals surface area contributed by atoms with Crippen LogP contribution in [0.2, 0.25) is 5.02 Å². The van der Waals surface area contributed by atoms with Crippen molar-refractivity contribution in [1.29, 1.82) is 0 Å². The molecule has 4 aromatic rings. The van der Waals surface area contributed by atoms with Gasteiger partial charge in [0.05, 0.1) is 4.90 Å². The molecule has 2 bridgehead atoms. The van der Waals surface area contributed by atoms with Gasteiger partial charge in [0.15, 0.2) is 0 Å². The number of hydrogen-bond acceptors (Lipinski definition) is 4. The van der Waals surface area contributed by atoms with Crippen molar-refractivity contribution >= 4 is 27.3 Å². The van der Waals surface area contributed by atoms with Crippen molar-refractivity contribution in [1.82, 2.24) is 9.80 Å². The average molecular weight is 572 g/mol. The van der Waals surface area contributed by atoms with Crippen LogP contribution in [-0.2, 0) is 16.6 Å². The maximum atomic E-state index is 12.7. The van der Waals surface area contributed by atoms with Gasteiger partial charge in [0.25, 0.3) is 10.0 Å². The first-order valence-corrected chi connectivity index (χ1v) is 15.8. The summed E-state index contributed by atoms with van der Waals surface area (Å²) >= 11 is 5.90. The van der Waals surface area contributed by atoms with Crippen LogP contribution >= 0.6 is 11.6 Å². The fourth-order valence-electron chi connectivity index (χ4n) is 6.32. The standard InChI is InChI=1S/C33H34ClN3O2S/c34-28-13-18-31(19-14-28)40(38,39)35-29-15-11-25(12-16-29)23-36-21-22-37-24-30(36)17-20-32(37)33(26-7-3-1-4-8-26)27-9-5-2-6-10-27/h1-16,18-19,30,32-33,35H,17,20-24H2/t30-,32-/m1/s1. The Labute approximate surface area is 242 Å². The molecule has 2 fully saturated rings. The molecule has 5 nitrogen and oxygen atoms in total. The minimum Gasteiger partial charge on any atom is -0.297 e. The third-order valence-electron chi connectivity index (χ3n) is 8.32. The highest BCUT2D eigenvalue weighted by Crippen LogP contribution is 2.38. The number of piperazine rings is 1. The molecule has 2 aliphatic rings.